The molecule has 2 N–H and O–H groups in total. The Hall–Kier alpha value is -1.31. The van der Waals surface area contributed by atoms with Crippen molar-refractivity contribution in [2.24, 2.45) is 0 Å². The zero-order valence-corrected chi connectivity index (χ0v) is 16.5. The average molecular weight is 414 g/mol. The van der Waals surface area contributed by atoms with Crippen LogP contribution in [0.2, 0.25) is 10.0 Å². The van der Waals surface area contributed by atoms with E-state index >= 15 is 0 Å². The Morgan fingerprint density at radius 1 is 1.27 bits per heavy atom. The lowest BCUT2D eigenvalue weighted by Crippen LogP contribution is -2.48. The molecule has 5 nitrogen and oxygen atoms in total. The number of carbonyl (C=O) groups excluding carboxylic acids is 1. The molecular formula is C18H21Cl2N3O2S. The zero-order valence-electron chi connectivity index (χ0n) is 14.2. The average Bonchev–Trinajstić information content (AvgIpc) is 3.15. The number of morpholine rings is 1. The number of hydrogen-bond donors (Lipinski definition) is 2. The fourth-order valence-electron chi connectivity index (χ4n) is 2.79. The van der Waals surface area contributed by atoms with Gasteiger partial charge in [0, 0.05) is 31.1 Å². The second-order valence-electron chi connectivity index (χ2n) is 6.12. The number of benzene rings is 1. The molecule has 0 saturated carbocycles. The van der Waals surface area contributed by atoms with Crippen LogP contribution in [-0.2, 0) is 17.8 Å². The van der Waals surface area contributed by atoms with Crippen molar-refractivity contribution in [1.82, 2.24) is 15.5 Å². The minimum absolute atomic E-state index is 0.0287. The third kappa shape index (κ3) is 5.86. The molecule has 1 unspecified atom stereocenters. The number of ether oxygens (including phenoxy) is 1. The quantitative estimate of drug-likeness (QED) is 0.757. The number of thiophene rings is 1. The molecule has 0 aliphatic carbocycles. The summed E-state index contributed by atoms with van der Waals surface area (Å²) < 4.78 is 5.76. The van der Waals surface area contributed by atoms with Crippen LogP contribution in [-0.4, -0.2) is 43.3 Å². The van der Waals surface area contributed by atoms with Gasteiger partial charge >= 0.3 is 6.03 Å². The second-order valence-corrected chi connectivity index (χ2v) is 7.97. The summed E-state index contributed by atoms with van der Waals surface area (Å²) in [4.78, 5) is 15.3. The topological polar surface area (TPSA) is 53.6 Å². The van der Waals surface area contributed by atoms with E-state index in [1.54, 1.807) is 11.3 Å². The van der Waals surface area contributed by atoms with Crippen molar-refractivity contribution in [2.75, 3.05) is 26.2 Å². The number of halogens is 2. The molecule has 1 aliphatic heterocycles. The molecular weight excluding hydrogens is 393 g/mol. The third-order valence-corrected chi connectivity index (χ3v) is 5.72. The van der Waals surface area contributed by atoms with E-state index in [0.29, 0.717) is 29.7 Å². The monoisotopic (exact) mass is 413 g/mol. The summed E-state index contributed by atoms with van der Waals surface area (Å²) >= 11 is 13.7. The van der Waals surface area contributed by atoms with Gasteiger partial charge in [0.25, 0.3) is 0 Å². The summed E-state index contributed by atoms with van der Waals surface area (Å²) in [6.07, 6.45) is -0.0287. The Kier molecular flexibility index (Phi) is 7.16. The maximum Gasteiger partial charge on any atom is 0.315 e. The lowest BCUT2D eigenvalue weighted by Gasteiger charge is -2.33. The van der Waals surface area contributed by atoms with Gasteiger partial charge in [-0.2, -0.15) is 0 Å². The Bertz CT molecular complexity index is 727. The molecule has 3 rings (SSSR count). The number of rotatable bonds is 6. The highest BCUT2D eigenvalue weighted by atomic mass is 35.5. The largest absolute Gasteiger partial charge is 0.374 e. The summed E-state index contributed by atoms with van der Waals surface area (Å²) in [6, 6.07) is 9.48. The number of nitrogens with zero attached hydrogens (tertiary/aromatic N) is 1. The summed E-state index contributed by atoms with van der Waals surface area (Å²) in [5.74, 6) is 0. The minimum Gasteiger partial charge on any atom is -0.374 e. The number of carbonyl (C=O) groups is 1. The molecule has 1 atom stereocenters. The van der Waals surface area contributed by atoms with Crippen molar-refractivity contribution in [3.8, 4) is 0 Å². The van der Waals surface area contributed by atoms with E-state index in [9.17, 15) is 4.79 Å². The van der Waals surface area contributed by atoms with Crippen molar-refractivity contribution in [2.45, 2.75) is 19.2 Å². The predicted octanol–water partition coefficient (Wildman–Crippen LogP) is 3.76. The lowest BCUT2D eigenvalue weighted by molar-refractivity contribution is -0.0287. The highest BCUT2D eigenvalue weighted by molar-refractivity contribution is 7.09. The first-order chi connectivity index (χ1) is 12.6. The van der Waals surface area contributed by atoms with Gasteiger partial charge in [0.15, 0.2) is 0 Å². The molecule has 1 fully saturated rings. The summed E-state index contributed by atoms with van der Waals surface area (Å²) in [6.45, 7) is 4.05. The van der Waals surface area contributed by atoms with Crippen molar-refractivity contribution >= 4 is 40.6 Å². The molecule has 1 saturated heterocycles. The minimum atomic E-state index is -0.177. The Balaban J connectivity index is 1.41. The number of urea groups is 1. The zero-order chi connectivity index (χ0) is 18.4. The van der Waals surface area contributed by atoms with Gasteiger partial charge in [0.2, 0.25) is 0 Å². The fourth-order valence-corrected chi connectivity index (χ4v) is 3.76. The van der Waals surface area contributed by atoms with E-state index in [0.717, 1.165) is 30.1 Å². The molecule has 1 aliphatic rings. The molecule has 0 radical (unpaired) electrons. The van der Waals surface area contributed by atoms with Crippen LogP contribution < -0.4 is 10.6 Å². The molecule has 1 aromatic carbocycles. The first kappa shape index (κ1) is 19.5. The maximum atomic E-state index is 11.9. The molecule has 140 valence electrons. The van der Waals surface area contributed by atoms with E-state index in [4.69, 9.17) is 27.9 Å². The van der Waals surface area contributed by atoms with Crippen LogP contribution in [0.15, 0.2) is 35.7 Å². The highest BCUT2D eigenvalue weighted by Gasteiger charge is 2.21. The molecule has 2 heterocycles. The summed E-state index contributed by atoms with van der Waals surface area (Å²) in [5, 5.41) is 8.86. The van der Waals surface area contributed by atoms with Gasteiger partial charge in [-0.3, -0.25) is 4.90 Å². The molecule has 8 heteroatoms. The van der Waals surface area contributed by atoms with Gasteiger partial charge in [-0.15, -0.1) is 11.3 Å². The second kappa shape index (κ2) is 9.58. The number of hydrogen-bond acceptors (Lipinski definition) is 4. The standard InChI is InChI=1S/C18H21Cl2N3O2S/c19-16-4-3-13(8-17(16)20)11-23-5-6-25-14(12-23)9-21-18(24)22-10-15-2-1-7-26-15/h1-4,7-8,14H,5-6,9-12H2,(H2,21,22,24). The SMILES string of the molecule is O=C(NCc1cccs1)NCC1CN(Cc2ccc(Cl)c(Cl)c2)CCO1. The van der Waals surface area contributed by atoms with Crippen LogP contribution in [0, 0.1) is 0 Å². The fraction of sp³-hybridized carbons (Fsp3) is 0.389. The number of amides is 2. The van der Waals surface area contributed by atoms with Gasteiger partial charge in [0.05, 0.1) is 29.3 Å². The first-order valence-electron chi connectivity index (χ1n) is 8.42. The molecule has 0 bridgehead atoms. The summed E-state index contributed by atoms with van der Waals surface area (Å²) in [5.41, 5.74) is 1.11. The normalized spacial score (nSPS) is 17.8. The number of nitrogens with one attached hydrogen (secondary N) is 2. The van der Waals surface area contributed by atoms with E-state index in [2.05, 4.69) is 15.5 Å². The van der Waals surface area contributed by atoms with Gasteiger partial charge in [0.1, 0.15) is 0 Å². The van der Waals surface area contributed by atoms with Crippen LogP contribution in [0.3, 0.4) is 0 Å². The summed E-state index contributed by atoms with van der Waals surface area (Å²) in [7, 11) is 0. The van der Waals surface area contributed by atoms with Crippen molar-refractivity contribution < 1.29 is 9.53 Å². The molecule has 2 aromatic rings. The third-order valence-electron chi connectivity index (χ3n) is 4.11. The van der Waals surface area contributed by atoms with Crippen molar-refractivity contribution in [3.63, 3.8) is 0 Å². The maximum absolute atomic E-state index is 11.9. The predicted molar refractivity (Wildman–Crippen MR) is 106 cm³/mol. The van der Waals surface area contributed by atoms with Crippen LogP contribution in [0.5, 0.6) is 0 Å². The smallest absolute Gasteiger partial charge is 0.315 e. The van der Waals surface area contributed by atoms with Gasteiger partial charge in [-0.25, -0.2) is 4.79 Å². The molecule has 1 aromatic heterocycles. The molecule has 2 amide bonds. The Labute approximate surface area is 167 Å². The highest BCUT2D eigenvalue weighted by Crippen LogP contribution is 2.23. The van der Waals surface area contributed by atoms with Crippen LogP contribution >= 0.6 is 34.5 Å². The van der Waals surface area contributed by atoms with Gasteiger partial charge in [-0.1, -0.05) is 35.3 Å². The molecule has 26 heavy (non-hydrogen) atoms. The Morgan fingerprint density at radius 3 is 2.92 bits per heavy atom. The van der Waals surface area contributed by atoms with Crippen molar-refractivity contribution in [1.29, 1.82) is 0 Å². The first-order valence-corrected chi connectivity index (χ1v) is 10.1. The van der Waals surface area contributed by atoms with Gasteiger partial charge in [-0.05, 0) is 29.1 Å². The lowest BCUT2D eigenvalue weighted by atomic mass is 10.2. The van der Waals surface area contributed by atoms with Crippen molar-refractivity contribution in [3.05, 3.63) is 56.2 Å². The van der Waals surface area contributed by atoms with Crippen LogP contribution in [0.25, 0.3) is 0 Å². The Morgan fingerprint density at radius 2 is 2.15 bits per heavy atom. The van der Waals surface area contributed by atoms with E-state index < -0.39 is 0 Å². The van der Waals surface area contributed by atoms with E-state index in [-0.39, 0.29) is 12.1 Å². The van der Waals surface area contributed by atoms with Crippen LogP contribution in [0.4, 0.5) is 4.79 Å². The van der Waals surface area contributed by atoms with E-state index in [1.165, 1.54) is 0 Å². The van der Waals surface area contributed by atoms with E-state index in [1.807, 2.05) is 35.7 Å². The van der Waals surface area contributed by atoms with Crippen LogP contribution in [0.1, 0.15) is 10.4 Å². The van der Waals surface area contributed by atoms with Gasteiger partial charge < -0.3 is 15.4 Å². The molecule has 0 spiro atoms.